The summed E-state index contributed by atoms with van der Waals surface area (Å²) in [6.45, 7) is 2.64. The number of non-ortho nitro benzene ring substituents is 1. The molecule has 9 nitrogen and oxygen atoms in total. The van der Waals surface area contributed by atoms with Crippen LogP contribution in [0.3, 0.4) is 0 Å². The van der Waals surface area contributed by atoms with Crippen molar-refractivity contribution in [1.82, 2.24) is 9.80 Å². The fourth-order valence-electron chi connectivity index (χ4n) is 2.89. The predicted octanol–water partition coefficient (Wildman–Crippen LogP) is 1.78. The smallest absolute Gasteiger partial charge is 0.269 e. The van der Waals surface area contributed by atoms with E-state index in [0.29, 0.717) is 13.1 Å². The molecule has 0 unspecified atom stereocenters. The molecular weight excluding hydrogens is 384 g/mol. The zero-order chi connectivity index (χ0) is 20.3. The van der Waals surface area contributed by atoms with Crippen LogP contribution in [0.2, 0.25) is 0 Å². The minimum absolute atomic E-state index is 0.125. The van der Waals surface area contributed by atoms with Crippen LogP contribution < -0.4 is 4.72 Å². The summed E-state index contributed by atoms with van der Waals surface area (Å²) in [5, 5.41) is 10.7. The molecule has 1 heterocycles. The Balaban J connectivity index is 1.84. The molecule has 28 heavy (non-hydrogen) atoms. The number of nitrogens with one attached hydrogen (secondary N) is 1. The molecule has 3 rings (SSSR count). The summed E-state index contributed by atoms with van der Waals surface area (Å²) in [4.78, 5) is 26.7. The SMILES string of the molecule is CN1CCN(C(=O)c2ccccc2NS(=O)(=O)c2ccc([N+](=O)[O-])cc2)CC1. The zero-order valence-electron chi connectivity index (χ0n) is 15.2. The fourth-order valence-corrected chi connectivity index (χ4v) is 3.97. The Hall–Kier alpha value is -2.98. The van der Waals surface area contributed by atoms with Crippen molar-refractivity contribution >= 4 is 27.3 Å². The Bertz CT molecular complexity index is 983. The number of carbonyl (C=O) groups excluding carboxylic acids is 1. The minimum Gasteiger partial charge on any atom is -0.336 e. The number of nitro groups is 1. The van der Waals surface area contributed by atoms with Crippen LogP contribution in [0.5, 0.6) is 0 Å². The molecule has 10 heteroatoms. The van der Waals surface area contributed by atoms with Gasteiger partial charge in [0.25, 0.3) is 21.6 Å². The van der Waals surface area contributed by atoms with Gasteiger partial charge in [-0.05, 0) is 31.3 Å². The summed E-state index contributed by atoms with van der Waals surface area (Å²) in [5.41, 5.74) is 0.229. The highest BCUT2D eigenvalue weighted by molar-refractivity contribution is 7.92. The molecule has 2 aromatic rings. The van der Waals surface area contributed by atoms with Crippen molar-refractivity contribution in [2.45, 2.75) is 4.90 Å². The number of rotatable bonds is 5. The molecule has 1 fully saturated rings. The molecule has 0 saturated carbocycles. The second-order valence-electron chi connectivity index (χ2n) is 6.50. The van der Waals surface area contributed by atoms with E-state index >= 15 is 0 Å². The summed E-state index contributed by atoms with van der Waals surface area (Å²) in [7, 11) is -2.02. The second-order valence-corrected chi connectivity index (χ2v) is 8.18. The van der Waals surface area contributed by atoms with Gasteiger partial charge in [0.2, 0.25) is 0 Å². The maximum absolute atomic E-state index is 12.9. The predicted molar refractivity (Wildman–Crippen MR) is 104 cm³/mol. The highest BCUT2D eigenvalue weighted by Gasteiger charge is 2.24. The van der Waals surface area contributed by atoms with Crippen molar-refractivity contribution in [1.29, 1.82) is 0 Å². The normalized spacial score (nSPS) is 15.2. The van der Waals surface area contributed by atoms with E-state index in [1.165, 1.54) is 6.07 Å². The third-order valence-electron chi connectivity index (χ3n) is 4.55. The molecule has 1 saturated heterocycles. The van der Waals surface area contributed by atoms with E-state index in [9.17, 15) is 23.3 Å². The third kappa shape index (κ3) is 4.29. The van der Waals surface area contributed by atoms with Crippen LogP contribution in [0.4, 0.5) is 11.4 Å². The van der Waals surface area contributed by atoms with E-state index in [2.05, 4.69) is 9.62 Å². The van der Waals surface area contributed by atoms with Crippen LogP contribution in [0.25, 0.3) is 0 Å². The highest BCUT2D eigenvalue weighted by atomic mass is 32.2. The number of sulfonamides is 1. The number of hydrogen-bond acceptors (Lipinski definition) is 6. The number of likely N-dealkylation sites (N-methyl/N-ethyl adjacent to an activating group) is 1. The first-order valence-electron chi connectivity index (χ1n) is 8.62. The van der Waals surface area contributed by atoms with Crippen molar-refractivity contribution in [2.75, 3.05) is 37.9 Å². The Kier molecular flexibility index (Phi) is 5.61. The van der Waals surface area contributed by atoms with Crippen molar-refractivity contribution < 1.29 is 18.1 Å². The first-order valence-corrected chi connectivity index (χ1v) is 10.1. The van der Waals surface area contributed by atoms with Gasteiger partial charge < -0.3 is 9.80 Å². The lowest BCUT2D eigenvalue weighted by molar-refractivity contribution is -0.384. The lowest BCUT2D eigenvalue weighted by Gasteiger charge is -2.32. The molecule has 1 N–H and O–H groups in total. The molecule has 0 spiro atoms. The molecule has 0 bridgehead atoms. The molecule has 0 atom stereocenters. The maximum Gasteiger partial charge on any atom is 0.269 e. The Labute approximate surface area is 162 Å². The first-order chi connectivity index (χ1) is 13.3. The van der Waals surface area contributed by atoms with E-state index in [1.807, 2.05) is 7.05 Å². The largest absolute Gasteiger partial charge is 0.336 e. The molecular formula is C18H20N4O5S. The van der Waals surface area contributed by atoms with Gasteiger partial charge >= 0.3 is 0 Å². The number of amides is 1. The van der Waals surface area contributed by atoms with Gasteiger partial charge in [0, 0.05) is 38.3 Å². The topological polar surface area (TPSA) is 113 Å². The number of anilines is 1. The van der Waals surface area contributed by atoms with E-state index < -0.39 is 14.9 Å². The van der Waals surface area contributed by atoms with E-state index in [1.54, 1.807) is 23.1 Å². The molecule has 0 aliphatic carbocycles. The number of carbonyl (C=O) groups is 1. The van der Waals surface area contributed by atoms with Crippen LogP contribution in [-0.2, 0) is 10.0 Å². The van der Waals surface area contributed by atoms with Crippen molar-refractivity contribution in [3.8, 4) is 0 Å². The summed E-state index contributed by atoms with van der Waals surface area (Å²) < 4.78 is 27.8. The van der Waals surface area contributed by atoms with Crippen molar-refractivity contribution in [3.05, 3.63) is 64.2 Å². The van der Waals surface area contributed by atoms with E-state index in [0.717, 1.165) is 37.4 Å². The van der Waals surface area contributed by atoms with Gasteiger partial charge in [-0.25, -0.2) is 8.42 Å². The number of hydrogen-bond donors (Lipinski definition) is 1. The van der Waals surface area contributed by atoms with Gasteiger partial charge in [0.05, 0.1) is 21.1 Å². The van der Waals surface area contributed by atoms with Crippen molar-refractivity contribution in [2.24, 2.45) is 0 Å². The molecule has 1 aliphatic heterocycles. The van der Waals surface area contributed by atoms with Gasteiger partial charge in [-0.15, -0.1) is 0 Å². The van der Waals surface area contributed by atoms with Crippen molar-refractivity contribution in [3.63, 3.8) is 0 Å². The van der Waals surface area contributed by atoms with Crippen LogP contribution >= 0.6 is 0 Å². The zero-order valence-corrected chi connectivity index (χ0v) is 16.1. The van der Waals surface area contributed by atoms with Crippen LogP contribution in [0, 0.1) is 10.1 Å². The Morgan fingerprint density at radius 1 is 1.04 bits per heavy atom. The maximum atomic E-state index is 12.9. The number of nitro benzene ring substituents is 1. The standard InChI is InChI=1S/C18H20N4O5S/c1-20-10-12-21(13-11-20)18(23)16-4-2-3-5-17(16)19-28(26,27)15-8-6-14(7-9-15)22(24)25/h2-9,19H,10-13H2,1H3. The molecule has 2 aromatic carbocycles. The Morgan fingerprint density at radius 3 is 2.25 bits per heavy atom. The quantitative estimate of drug-likeness (QED) is 0.600. The van der Waals surface area contributed by atoms with E-state index in [-0.39, 0.29) is 27.7 Å². The summed E-state index contributed by atoms with van der Waals surface area (Å²) >= 11 is 0. The summed E-state index contributed by atoms with van der Waals surface area (Å²) in [5.74, 6) is -0.241. The van der Waals surface area contributed by atoms with Crippen LogP contribution in [0.15, 0.2) is 53.4 Å². The van der Waals surface area contributed by atoms with Gasteiger partial charge in [-0.2, -0.15) is 0 Å². The van der Waals surface area contributed by atoms with Gasteiger partial charge in [0.1, 0.15) is 0 Å². The number of benzene rings is 2. The summed E-state index contributed by atoms with van der Waals surface area (Å²) in [6.07, 6.45) is 0. The minimum atomic E-state index is -4.00. The third-order valence-corrected chi connectivity index (χ3v) is 5.93. The van der Waals surface area contributed by atoms with Gasteiger partial charge in [-0.3, -0.25) is 19.6 Å². The number of para-hydroxylation sites is 1. The molecule has 148 valence electrons. The average molecular weight is 404 g/mol. The second kappa shape index (κ2) is 7.95. The molecule has 1 aliphatic rings. The molecule has 0 radical (unpaired) electrons. The van der Waals surface area contributed by atoms with E-state index in [4.69, 9.17) is 0 Å². The fraction of sp³-hybridized carbons (Fsp3) is 0.278. The number of piperazine rings is 1. The van der Waals surface area contributed by atoms with Gasteiger partial charge in [0.15, 0.2) is 0 Å². The van der Waals surface area contributed by atoms with Crippen LogP contribution in [0.1, 0.15) is 10.4 Å². The average Bonchev–Trinajstić information content (AvgIpc) is 2.68. The lowest BCUT2D eigenvalue weighted by atomic mass is 10.1. The monoisotopic (exact) mass is 404 g/mol. The Morgan fingerprint density at radius 2 is 1.64 bits per heavy atom. The molecule has 1 amide bonds. The highest BCUT2D eigenvalue weighted by Crippen LogP contribution is 2.23. The number of nitrogens with zero attached hydrogens (tertiary/aromatic N) is 3. The molecule has 0 aromatic heterocycles. The first kappa shape index (κ1) is 19.8. The lowest BCUT2D eigenvalue weighted by Crippen LogP contribution is -2.47. The summed E-state index contributed by atoms with van der Waals surface area (Å²) in [6, 6.07) is 11.0. The van der Waals surface area contributed by atoms with Crippen LogP contribution in [-0.4, -0.2) is 62.3 Å². The van der Waals surface area contributed by atoms with Gasteiger partial charge in [-0.1, -0.05) is 12.1 Å².